The molecule has 1 aromatic carbocycles. The van der Waals surface area contributed by atoms with Crippen LogP contribution in [0.4, 0.5) is 11.4 Å². The molecule has 0 aliphatic heterocycles. The maximum absolute atomic E-state index is 12.0. The molecule has 2 aromatic rings. The molecule has 0 aliphatic rings. The van der Waals surface area contributed by atoms with E-state index in [9.17, 15) is 13.2 Å². The maximum atomic E-state index is 12.0. The van der Waals surface area contributed by atoms with Gasteiger partial charge in [-0.2, -0.15) is 8.42 Å². The summed E-state index contributed by atoms with van der Waals surface area (Å²) in [6.45, 7) is 1.82. The third-order valence-electron chi connectivity index (χ3n) is 2.55. The molecule has 1 aromatic heterocycles. The number of nitrogens with two attached hydrogens (primary N) is 1. The minimum atomic E-state index is -3.85. The van der Waals surface area contributed by atoms with E-state index in [1.807, 2.05) is 6.92 Å². The first-order chi connectivity index (χ1) is 9.83. The van der Waals surface area contributed by atoms with Crippen molar-refractivity contribution >= 4 is 27.5 Å². The Morgan fingerprint density at radius 2 is 1.90 bits per heavy atom. The number of nitrogens with zero attached hydrogens (tertiary/aromatic N) is 1. The molecule has 0 aliphatic carbocycles. The van der Waals surface area contributed by atoms with Crippen LogP contribution in [-0.2, 0) is 10.2 Å². The van der Waals surface area contributed by atoms with Gasteiger partial charge >= 0.3 is 0 Å². The van der Waals surface area contributed by atoms with Crippen LogP contribution in [0.15, 0.2) is 42.6 Å². The fraction of sp³-hybridized carbons (Fsp3) is 0.0769. The Bertz CT molecular complexity index is 757. The number of aryl methyl sites for hydroxylation is 1. The van der Waals surface area contributed by atoms with Crippen molar-refractivity contribution in [1.29, 1.82) is 0 Å². The van der Waals surface area contributed by atoms with Crippen LogP contribution in [0.1, 0.15) is 16.1 Å². The van der Waals surface area contributed by atoms with E-state index in [2.05, 4.69) is 15.0 Å². The number of rotatable bonds is 4. The summed E-state index contributed by atoms with van der Waals surface area (Å²) in [7, 11) is -3.85. The molecule has 1 amide bonds. The van der Waals surface area contributed by atoms with Crippen molar-refractivity contribution in [2.24, 2.45) is 5.14 Å². The molecule has 0 saturated heterocycles. The highest BCUT2D eigenvalue weighted by molar-refractivity contribution is 7.90. The lowest BCUT2D eigenvalue weighted by Gasteiger charge is -2.08. The van der Waals surface area contributed by atoms with Crippen LogP contribution in [0, 0.1) is 6.92 Å². The molecular weight excluding hydrogens is 292 g/mol. The minimum absolute atomic E-state index is 0.261. The van der Waals surface area contributed by atoms with E-state index in [-0.39, 0.29) is 11.6 Å². The Hall–Kier alpha value is -2.45. The van der Waals surface area contributed by atoms with Crippen molar-refractivity contribution in [2.45, 2.75) is 6.92 Å². The molecule has 1 heterocycles. The molecule has 8 heteroatoms. The zero-order valence-corrected chi connectivity index (χ0v) is 12.0. The Kier molecular flexibility index (Phi) is 4.20. The molecule has 110 valence electrons. The molecule has 7 nitrogen and oxygen atoms in total. The molecule has 0 radical (unpaired) electrons. The normalized spacial score (nSPS) is 11.0. The van der Waals surface area contributed by atoms with Crippen LogP contribution in [0.2, 0.25) is 0 Å². The number of anilines is 2. The van der Waals surface area contributed by atoms with Gasteiger partial charge in [-0.15, -0.1) is 0 Å². The second kappa shape index (κ2) is 5.90. The predicted molar refractivity (Wildman–Crippen MR) is 80.1 cm³/mol. The number of carbonyl (C=O) groups excluding carboxylic acids is 1. The van der Waals surface area contributed by atoms with Gasteiger partial charge in [-0.1, -0.05) is 6.07 Å². The number of pyridine rings is 1. The Morgan fingerprint density at radius 1 is 1.19 bits per heavy atom. The summed E-state index contributed by atoms with van der Waals surface area (Å²) >= 11 is 0. The SMILES string of the molecule is Cc1ccc(C(=O)Nc2cccc(NS(N)(=O)=O)c2)cn1. The highest BCUT2D eigenvalue weighted by Crippen LogP contribution is 2.16. The predicted octanol–water partition coefficient (Wildman–Crippen LogP) is 1.26. The van der Waals surface area contributed by atoms with Gasteiger partial charge in [-0.3, -0.25) is 14.5 Å². The summed E-state index contributed by atoms with van der Waals surface area (Å²) in [5.41, 5.74) is 1.92. The first-order valence-corrected chi connectivity index (χ1v) is 7.53. The van der Waals surface area contributed by atoms with Gasteiger partial charge in [0.2, 0.25) is 0 Å². The maximum Gasteiger partial charge on any atom is 0.296 e. The summed E-state index contributed by atoms with van der Waals surface area (Å²) < 4.78 is 24.0. The van der Waals surface area contributed by atoms with Crippen LogP contribution in [0.25, 0.3) is 0 Å². The first kappa shape index (κ1) is 14.9. The van der Waals surface area contributed by atoms with Gasteiger partial charge in [-0.05, 0) is 37.3 Å². The van der Waals surface area contributed by atoms with E-state index in [1.54, 1.807) is 24.3 Å². The van der Waals surface area contributed by atoms with Gasteiger partial charge in [0.1, 0.15) is 0 Å². The van der Waals surface area contributed by atoms with Crippen LogP contribution >= 0.6 is 0 Å². The molecule has 0 fully saturated rings. The zero-order valence-electron chi connectivity index (χ0n) is 11.2. The van der Waals surface area contributed by atoms with Crippen molar-refractivity contribution in [1.82, 2.24) is 4.98 Å². The van der Waals surface area contributed by atoms with Crippen molar-refractivity contribution in [3.63, 3.8) is 0 Å². The number of hydrogen-bond donors (Lipinski definition) is 3. The van der Waals surface area contributed by atoms with Gasteiger partial charge in [0.25, 0.3) is 16.1 Å². The van der Waals surface area contributed by atoms with Gasteiger partial charge in [0, 0.05) is 17.6 Å². The fourth-order valence-electron chi connectivity index (χ4n) is 1.63. The van der Waals surface area contributed by atoms with Gasteiger partial charge in [-0.25, -0.2) is 5.14 Å². The summed E-state index contributed by atoms with van der Waals surface area (Å²) in [5, 5.41) is 7.54. The molecule has 0 bridgehead atoms. The van der Waals surface area contributed by atoms with Crippen LogP contribution in [0.3, 0.4) is 0 Å². The first-order valence-electron chi connectivity index (χ1n) is 5.98. The highest BCUT2D eigenvalue weighted by Gasteiger charge is 2.08. The number of hydrogen-bond acceptors (Lipinski definition) is 4. The fourth-order valence-corrected chi connectivity index (χ4v) is 2.09. The Labute approximate surface area is 122 Å². The van der Waals surface area contributed by atoms with Crippen molar-refractivity contribution < 1.29 is 13.2 Å². The lowest BCUT2D eigenvalue weighted by molar-refractivity contribution is 0.102. The molecule has 0 atom stereocenters. The topological polar surface area (TPSA) is 114 Å². The number of benzene rings is 1. The Morgan fingerprint density at radius 3 is 2.52 bits per heavy atom. The molecule has 4 N–H and O–H groups in total. The van der Waals surface area contributed by atoms with Crippen LogP contribution in [-0.4, -0.2) is 19.3 Å². The lowest BCUT2D eigenvalue weighted by atomic mass is 10.2. The van der Waals surface area contributed by atoms with E-state index in [0.29, 0.717) is 11.3 Å². The van der Waals surface area contributed by atoms with Crippen LogP contribution < -0.4 is 15.2 Å². The van der Waals surface area contributed by atoms with E-state index >= 15 is 0 Å². The largest absolute Gasteiger partial charge is 0.322 e. The van der Waals surface area contributed by atoms with E-state index in [1.165, 1.54) is 18.3 Å². The molecule has 0 unspecified atom stereocenters. The Balaban J connectivity index is 2.14. The average molecular weight is 306 g/mol. The highest BCUT2D eigenvalue weighted by atomic mass is 32.2. The summed E-state index contributed by atoms with van der Waals surface area (Å²) in [6, 6.07) is 9.60. The molecule has 0 spiro atoms. The quantitative estimate of drug-likeness (QED) is 0.788. The number of carbonyl (C=O) groups is 1. The van der Waals surface area contributed by atoms with Crippen molar-refractivity contribution in [2.75, 3.05) is 10.0 Å². The van der Waals surface area contributed by atoms with E-state index in [4.69, 9.17) is 5.14 Å². The van der Waals surface area contributed by atoms with Crippen molar-refractivity contribution in [3.8, 4) is 0 Å². The number of nitrogens with one attached hydrogen (secondary N) is 2. The van der Waals surface area contributed by atoms with Gasteiger partial charge < -0.3 is 5.32 Å². The summed E-state index contributed by atoms with van der Waals surface area (Å²) in [5.74, 6) is -0.338. The smallest absolute Gasteiger partial charge is 0.296 e. The second-order valence-corrected chi connectivity index (χ2v) is 5.66. The third-order valence-corrected chi connectivity index (χ3v) is 3.07. The second-order valence-electron chi connectivity index (χ2n) is 4.37. The molecule has 21 heavy (non-hydrogen) atoms. The monoisotopic (exact) mass is 306 g/mol. The van der Waals surface area contributed by atoms with Gasteiger partial charge in [0.15, 0.2) is 0 Å². The van der Waals surface area contributed by atoms with Crippen molar-refractivity contribution in [3.05, 3.63) is 53.9 Å². The van der Waals surface area contributed by atoms with Gasteiger partial charge in [0.05, 0.1) is 11.3 Å². The van der Waals surface area contributed by atoms with E-state index in [0.717, 1.165) is 5.69 Å². The lowest BCUT2D eigenvalue weighted by Crippen LogP contribution is -2.21. The average Bonchev–Trinajstić information content (AvgIpc) is 2.37. The molecule has 2 rings (SSSR count). The van der Waals surface area contributed by atoms with Crippen LogP contribution in [0.5, 0.6) is 0 Å². The summed E-state index contributed by atoms with van der Waals surface area (Å²) in [6.07, 6.45) is 1.47. The zero-order chi connectivity index (χ0) is 15.5. The standard InChI is InChI=1S/C13H14N4O3S/c1-9-5-6-10(8-15-9)13(18)16-11-3-2-4-12(7-11)17-21(14,19)20/h2-8,17H,1H3,(H,16,18)(H2,14,19,20). The third kappa shape index (κ3) is 4.55. The number of aromatic nitrogens is 1. The van der Waals surface area contributed by atoms with E-state index < -0.39 is 10.2 Å². The minimum Gasteiger partial charge on any atom is -0.322 e. The molecule has 0 saturated carbocycles. The molecular formula is C13H14N4O3S. The number of amides is 1. The summed E-state index contributed by atoms with van der Waals surface area (Å²) in [4.78, 5) is 16.0.